The average Bonchev–Trinajstić information content (AvgIpc) is 3.25. The topological polar surface area (TPSA) is 0 Å². The van der Waals surface area contributed by atoms with Crippen LogP contribution < -0.4 is 0 Å². The Hall–Kier alpha value is 0.180. The van der Waals surface area contributed by atoms with E-state index in [0.29, 0.717) is 0 Å². The largest absolute Gasteiger partial charge is 0.148 e. The van der Waals surface area contributed by atoms with E-state index in [-0.39, 0.29) is 0 Å². The third kappa shape index (κ3) is 20.4. The van der Waals surface area contributed by atoms with Crippen LogP contribution >= 0.6 is 27.3 Å². The monoisotopic (exact) mass is 554 g/mol. The normalized spacial score (nSPS) is 12.4. The van der Waals surface area contributed by atoms with Gasteiger partial charge in [0.1, 0.15) is 0 Å². The van der Waals surface area contributed by atoms with Gasteiger partial charge in [0.15, 0.2) is 0 Å². The van der Waals surface area contributed by atoms with Gasteiger partial charge in [-0.05, 0) is 34.3 Å². The maximum absolute atomic E-state index is 3.65. The Kier molecular flexibility index (Phi) is 23.5. The fourth-order valence-corrected chi connectivity index (χ4v) is 6.86. The molecule has 0 aliphatic rings. The van der Waals surface area contributed by atoms with E-state index in [1.807, 2.05) is 11.3 Å². The van der Waals surface area contributed by atoms with Gasteiger partial charge in [0.25, 0.3) is 0 Å². The van der Waals surface area contributed by atoms with E-state index in [9.17, 15) is 0 Å². The first-order valence-electron chi connectivity index (χ1n) is 15.5. The summed E-state index contributed by atoms with van der Waals surface area (Å²) in [5, 5.41) is 2.26. The van der Waals surface area contributed by atoms with Crippen LogP contribution in [-0.2, 0) is 6.42 Å². The van der Waals surface area contributed by atoms with Crippen LogP contribution in [0.4, 0.5) is 0 Å². The van der Waals surface area contributed by atoms with E-state index >= 15 is 0 Å². The molecule has 0 nitrogen and oxygen atoms in total. The minimum absolute atomic E-state index is 0.905. The molecule has 0 radical (unpaired) electrons. The lowest BCUT2D eigenvalue weighted by atomic mass is 9.91. The molecular formula is C32H59BrS. The van der Waals surface area contributed by atoms with Crippen LogP contribution in [0.3, 0.4) is 0 Å². The van der Waals surface area contributed by atoms with Gasteiger partial charge in [-0.3, -0.25) is 0 Å². The first kappa shape index (κ1) is 32.2. The lowest BCUT2D eigenvalue weighted by Crippen LogP contribution is -2.04. The van der Waals surface area contributed by atoms with Gasteiger partial charge in [-0.2, -0.15) is 0 Å². The molecule has 0 saturated carbocycles. The molecule has 0 bridgehead atoms. The molecule has 0 N–H and O–H groups in total. The first-order chi connectivity index (χ1) is 16.8. The van der Waals surface area contributed by atoms with Gasteiger partial charge in [0.05, 0.1) is 0 Å². The lowest BCUT2D eigenvalue weighted by molar-refractivity contribution is 0.401. The average molecular weight is 556 g/mol. The van der Waals surface area contributed by atoms with Crippen LogP contribution in [0.5, 0.6) is 0 Å². The molecule has 0 saturated heterocycles. The van der Waals surface area contributed by atoms with Crippen molar-refractivity contribution in [2.24, 2.45) is 5.92 Å². The van der Waals surface area contributed by atoms with E-state index in [2.05, 4.69) is 41.2 Å². The summed E-state index contributed by atoms with van der Waals surface area (Å²) in [6.45, 7) is 4.62. The third-order valence-corrected chi connectivity index (χ3v) is 9.26. The van der Waals surface area contributed by atoms with Crippen LogP contribution in [-0.4, -0.2) is 0 Å². The van der Waals surface area contributed by atoms with Crippen molar-refractivity contribution in [1.29, 1.82) is 0 Å². The Balaban J connectivity index is 2.08. The molecule has 1 aromatic rings. The highest BCUT2D eigenvalue weighted by Crippen LogP contribution is 2.28. The van der Waals surface area contributed by atoms with E-state index in [4.69, 9.17) is 0 Å². The molecule has 2 heteroatoms. The lowest BCUT2D eigenvalue weighted by Gasteiger charge is -2.16. The molecule has 0 aliphatic heterocycles. The summed E-state index contributed by atoms with van der Waals surface area (Å²) in [6.07, 6.45) is 36.1. The van der Waals surface area contributed by atoms with Gasteiger partial charge >= 0.3 is 0 Å². The van der Waals surface area contributed by atoms with Crippen LogP contribution in [0.15, 0.2) is 15.9 Å². The fourth-order valence-electron chi connectivity index (χ4n) is 5.29. The standard InChI is InChI=1S/C32H59BrS/c1-3-5-7-9-11-13-15-16-18-20-22-24-26-30(27-32-28-31(33)29-34-32)25-23-21-19-17-14-12-10-8-6-4-2/h28-30H,3-27H2,1-2H3. The van der Waals surface area contributed by atoms with Crippen molar-refractivity contribution >= 4 is 27.3 Å². The van der Waals surface area contributed by atoms with Gasteiger partial charge in [-0.15, -0.1) is 11.3 Å². The predicted molar refractivity (Wildman–Crippen MR) is 161 cm³/mol. The maximum atomic E-state index is 3.65. The Bertz CT molecular complexity index is 523. The molecule has 1 rings (SSSR count). The van der Waals surface area contributed by atoms with Gasteiger partial charge < -0.3 is 0 Å². The Morgan fingerprint density at radius 2 is 0.912 bits per heavy atom. The number of thiophene rings is 1. The quantitative estimate of drug-likeness (QED) is 0.0997. The van der Waals surface area contributed by atoms with Crippen molar-refractivity contribution < 1.29 is 0 Å². The second kappa shape index (κ2) is 24.9. The zero-order chi connectivity index (χ0) is 24.5. The summed E-state index contributed by atoms with van der Waals surface area (Å²) in [7, 11) is 0. The molecule has 1 unspecified atom stereocenters. The van der Waals surface area contributed by atoms with Gasteiger partial charge in [0.2, 0.25) is 0 Å². The highest BCUT2D eigenvalue weighted by molar-refractivity contribution is 9.10. The molecule has 1 heterocycles. The fraction of sp³-hybridized carbons (Fsp3) is 0.875. The molecule has 0 amide bonds. The maximum Gasteiger partial charge on any atom is 0.0285 e. The van der Waals surface area contributed by atoms with Crippen molar-refractivity contribution in [3.63, 3.8) is 0 Å². The molecule has 34 heavy (non-hydrogen) atoms. The first-order valence-corrected chi connectivity index (χ1v) is 17.2. The molecule has 200 valence electrons. The van der Waals surface area contributed by atoms with Crippen molar-refractivity contribution in [2.75, 3.05) is 0 Å². The van der Waals surface area contributed by atoms with E-state index in [0.717, 1.165) is 5.92 Å². The van der Waals surface area contributed by atoms with Crippen LogP contribution in [0.1, 0.15) is 173 Å². The smallest absolute Gasteiger partial charge is 0.0285 e. The SMILES string of the molecule is CCCCCCCCCCCCCCC(CCCCCCCCCCCC)Cc1cc(Br)cs1. The minimum atomic E-state index is 0.905. The van der Waals surface area contributed by atoms with Crippen LogP contribution in [0, 0.1) is 5.92 Å². The van der Waals surface area contributed by atoms with Crippen LogP contribution in [0.25, 0.3) is 0 Å². The summed E-state index contributed by atoms with van der Waals surface area (Å²) in [5.41, 5.74) is 0. The van der Waals surface area contributed by atoms with Gasteiger partial charge in [-0.25, -0.2) is 0 Å². The van der Waals surface area contributed by atoms with Crippen molar-refractivity contribution in [1.82, 2.24) is 0 Å². The number of hydrogen-bond acceptors (Lipinski definition) is 1. The summed E-state index contributed by atoms with van der Waals surface area (Å²) < 4.78 is 1.27. The summed E-state index contributed by atoms with van der Waals surface area (Å²) in [5.74, 6) is 0.905. The van der Waals surface area contributed by atoms with Crippen molar-refractivity contribution in [3.05, 3.63) is 20.8 Å². The van der Waals surface area contributed by atoms with E-state index in [1.165, 1.54) is 165 Å². The number of rotatable bonds is 26. The third-order valence-electron chi connectivity index (χ3n) is 7.54. The van der Waals surface area contributed by atoms with E-state index in [1.54, 1.807) is 4.88 Å². The van der Waals surface area contributed by atoms with Gasteiger partial charge in [0, 0.05) is 14.7 Å². The minimum Gasteiger partial charge on any atom is -0.148 e. The Labute approximate surface area is 227 Å². The second-order valence-corrected chi connectivity index (χ2v) is 12.9. The molecule has 0 spiro atoms. The molecule has 1 aromatic heterocycles. The zero-order valence-electron chi connectivity index (χ0n) is 23.2. The molecule has 0 aliphatic carbocycles. The summed E-state index contributed by atoms with van der Waals surface area (Å²) in [4.78, 5) is 1.59. The molecular weight excluding hydrogens is 496 g/mol. The highest BCUT2D eigenvalue weighted by atomic mass is 79.9. The predicted octanol–water partition coefficient (Wildman–Crippen LogP) is 13.1. The van der Waals surface area contributed by atoms with Crippen LogP contribution in [0.2, 0.25) is 0 Å². The number of hydrogen-bond donors (Lipinski definition) is 0. The Morgan fingerprint density at radius 1 is 0.559 bits per heavy atom. The molecule has 0 aromatic carbocycles. The number of halogens is 1. The Morgan fingerprint density at radius 3 is 1.24 bits per heavy atom. The molecule has 0 fully saturated rings. The van der Waals surface area contributed by atoms with Crippen molar-refractivity contribution in [2.45, 2.75) is 174 Å². The highest BCUT2D eigenvalue weighted by Gasteiger charge is 2.11. The van der Waals surface area contributed by atoms with E-state index < -0.39 is 0 Å². The summed E-state index contributed by atoms with van der Waals surface area (Å²) in [6, 6.07) is 2.36. The number of unbranched alkanes of at least 4 members (excludes halogenated alkanes) is 20. The van der Waals surface area contributed by atoms with Gasteiger partial charge in [-0.1, -0.05) is 168 Å². The summed E-state index contributed by atoms with van der Waals surface area (Å²) >= 11 is 5.60. The van der Waals surface area contributed by atoms with Crippen molar-refractivity contribution in [3.8, 4) is 0 Å². The zero-order valence-corrected chi connectivity index (χ0v) is 25.6. The molecule has 1 atom stereocenters. The second-order valence-electron chi connectivity index (χ2n) is 10.9.